The third kappa shape index (κ3) is 2.98. The number of hydrogen-bond acceptors (Lipinski definition) is 6. The third-order valence-corrected chi connectivity index (χ3v) is 5.11. The number of aliphatic hydroxyl groups excluding tert-OH is 1. The molecule has 0 unspecified atom stereocenters. The Morgan fingerprint density at radius 2 is 2.33 bits per heavy atom. The minimum atomic E-state index is -3.68. The van der Waals surface area contributed by atoms with Crippen LogP contribution in [0.15, 0.2) is 31.8 Å². The molecule has 0 aliphatic rings. The van der Waals surface area contributed by atoms with Gasteiger partial charge in [-0.05, 0) is 15.9 Å². The van der Waals surface area contributed by atoms with E-state index >= 15 is 0 Å². The normalized spacial score (nSPS) is 11.9. The monoisotopic (exact) mass is 352 g/mol. The molecule has 0 spiro atoms. The van der Waals surface area contributed by atoms with Crippen LogP contribution in [0.3, 0.4) is 0 Å². The van der Waals surface area contributed by atoms with Gasteiger partial charge < -0.3 is 9.52 Å². The summed E-state index contributed by atoms with van der Waals surface area (Å²) in [6.45, 7) is -0.192. The molecular formula is C9H9BrN2O4S2. The van der Waals surface area contributed by atoms with Gasteiger partial charge in [0.15, 0.2) is 4.67 Å². The predicted octanol–water partition coefficient (Wildman–Crippen LogP) is 1.47. The van der Waals surface area contributed by atoms with Crippen molar-refractivity contribution in [1.29, 1.82) is 0 Å². The van der Waals surface area contributed by atoms with Crippen LogP contribution in [0.5, 0.6) is 0 Å². The molecule has 2 aromatic heterocycles. The summed E-state index contributed by atoms with van der Waals surface area (Å²) in [6, 6.07) is 1.28. The second-order valence-corrected chi connectivity index (χ2v) is 6.73. The average Bonchev–Trinajstić information content (AvgIpc) is 2.95. The summed E-state index contributed by atoms with van der Waals surface area (Å²) in [6.07, 6.45) is 1.59. The number of nitrogens with one attached hydrogen (secondary N) is 1. The van der Waals surface area contributed by atoms with Gasteiger partial charge in [0, 0.05) is 23.7 Å². The molecule has 2 aromatic rings. The molecule has 9 heteroatoms. The van der Waals surface area contributed by atoms with Crippen molar-refractivity contribution in [2.75, 3.05) is 0 Å². The van der Waals surface area contributed by atoms with Gasteiger partial charge in [-0.15, -0.1) is 11.3 Å². The Hall–Kier alpha value is -0.740. The molecule has 2 N–H and O–H groups in total. The average molecular weight is 353 g/mol. The zero-order chi connectivity index (χ0) is 13.2. The molecule has 98 valence electrons. The van der Waals surface area contributed by atoms with E-state index in [9.17, 15) is 8.42 Å². The number of thiazole rings is 1. The number of rotatable bonds is 5. The van der Waals surface area contributed by atoms with Crippen LogP contribution in [-0.2, 0) is 23.2 Å². The Kier molecular flexibility index (Phi) is 4.17. The molecule has 6 nitrogen and oxygen atoms in total. The number of aromatic nitrogens is 1. The molecule has 0 radical (unpaired) electrons. The van der Waals surface area contributed by atoms with Crippen LogP contribution in [0.25, 0.3) is 0 Å². The predicted molar refractivity (Wildman–Crippen MR) is 68.5 cm³/mol. The highest BCUT2D eigenvalue weighted by molar-refractivity contribution is 9.10. The van der Waals surface area contributed by atoms with Gasteiger partial charge >= 0.3 is 0 Å². The van der Waals surface area contributed by atoms with Crippen LogP contribution in [0.1, 0.15) is 10.6 Å². The number of hydrogen-bond donors (Lipinski definition) is 2. The zero-order valence-electron chi connectivity index (χ0n) is 8.96. The fourth-order valence-corrected chi connectivity index (χ4v) is 3.86. The first-order chi connectivity index (χ1) is 8.53. The van der Waals surface area contributed by atoms with Crippen LogP contribution in [0.4, 0.5) is 0 Å². The van der Waals surface area contributed by atoms with E-state index in [0.29, 0.717) is 0 Å². The lowest BCUT2D eigenvalue weighted by Crippen LogP contribution is -2.22. The molecule has 0 fully saturated rings. The highest BCUT2D eigenvalue weighted by atomic mass is 79.9. The van der Waals surface area contributed by atoms with E-state index in [0.717, 1.165) is 4.88 Å². The van der Waals surface area contributed by atoms with Crippen LogP contribution in [-0.4, -0.2) is 18.5 Å². The van der Waals surface area contributed by atoms with E-state index in [1.54, 1.807) is 11.7 Å². The van der Waals surface area contributed by atoms with E-state index < -0.39 is 10.0 Å². The van der Waals surface area contributed by atoms with E-state index in [-0.39, 0.29) is 28.5 Å². The van der Waals surface area contributed by atoms with Crippen molar-refractivity contribution in [3.8, 4) is 0 Å². The molecule has 0 atom stereocenters. The van der Waals surface area contributed by atoms with Crippen molar-refractivity contribution in [3.63, 3.8) is 0 Å². The lowest BCUT2D eigenvalue weighted by atomic mass is 10.5. The van der Waals surface area contributed by atoms with Crippen molar-refractivity contribution >= 4 is 37.3 Å². The molecule has 0 aliphatic carbocycles. The summed E-state index contributed by atoms with van der Waals surface area (Å²) in [5.41, 5.74) is 1.63. The topological polar surface area (TPSA) is 92.4 Å². The number of sulfonamides is 1. The zero-order valence-corrected chi connectivity index (χ0v) is 12.2. The van der Waals surface area contributed by atoms with Gasteiger partial charge in [-0.25, -0.2) is 13.1 Å². The maximum Gasteiger partial charge on any atom is 0.245 e. The summed E-state index contributed by atoms with van der Waals surface area (Å²) < 4.78 is 31.5. The maximum atomic E-state index is 12.0. The van der Waals surface area contributed by atoms with Crippen LogP contribution in [0.2, 0.25) is 0 Å². The first kappa shape index (κ1) is 13.7. The van der Waals surface area contributed by atoms with Crippen LogP contribution < -0.4 is 4.72 Å². The first-order valence-corrected chi connectivity index (χ1v) is 7.94. The van der Waals surface area contributed by atoms with Gasteiger partial charge in [0.25, 0.3) is 0 Å². The smallest absolute Gasteiger partial charge is 0.245 e. The van der Waals surface area contributed by atoms with Crippen LogP contribution >= 0.6 is 27.3 Å². The lowest BCUT2D eigenvalue weighted by molar-refractivity contribution is 0.245. The number of nitrogens with zero attached hydrogens (tertiary/aromatic N) is 1. The van der Waals surface area contributed by atoms with Crippen molar-refractivity contribution in [2.45, 2.75) is 18.0 Å². The van der Waals surface area contributed by atoms with E-state index in [1.807, 2.05) is 0 Å². The van der Waals surface area contributed by atoms with Gasteiger partial charge in [0.05, 0.1) is 5.51 Å². The molecule has 0 saturated heterocycles. The van der Waals surface area contributed by atoms with Gasteiger partial charge in [-0.1, -0.05) is 0 Å². The second-order valence-electron chi connectivity index (χ2n) is 3.30. The summed E-state index contributed by atoms with van der Waals surface area (Å²) in [5.74, 6) is 0.181. The molecule has 18 heavy (non-hydrogen) atoms. The Morgan fingerprint density at radius 1 is 1.56 bits per heavy atom. The Bertz CT molecular complexity index is 621. The molecule has 2 heterocycles. The number of halogens is 1. The fraction of sp³-hybridized carbons (Fsp3) is 0.222. The Labute approximate surface area is 116 Å². The number of aliphatic hydroxyl groups is 1. The summed E-state index contributed by atoms with van der Waals surface area (Å²) in [4.78, 5) is 4.63. The molecule has 0 saturated carbocycles. The molecule has 0 aliphatic heterocycles. The SMILES string of the molecule is O=S(=O)(NCc1cncs1)c1cc(CO)oc1Br. The minimum absolute atomic E-state index is 0.0314. The Morgan fingerprint density at radius 3 is 2.89 bits per heavy atom. The summed E-state index contributed by atoms with van der Waals surface area (Å²) >= 11 is 4.37. The molecule has 0 amide bonds. The van der Waals surface area contributed by atoms with Crippen molar-refractivity contribution in [1.82, 2.24) is 9.71 Å². The van der Waals surface area contributed by atoms with Gasteiger partial charge in [-0.3, -0.25) is 4.98 Å². The van der Waals surface area contributed by atoms with Gasteiger partial charge in [0.1, 0.15) is 17.3 Å². The lowest BCUT2D eigenvalue weighted by Gasteiger charge is -2.02. The first-order valence-electron chi connectivity index (χ1n) is 4.79. The molecule has 0 bridgehead atoms. The van der Waals surface area contributed by atoms with Crippen molar-refractivity contribution in [3.05, 3.63) is 33.1 Å². The van der Waals surface area contributed by atoms with E-state index in [2.05, 4.69) is 25.6 Å². The van der Waals surface area contributed by atoms with E-state index in [1.165, 1.54) is 17.4 Å². The minimum Gasteiger partial charge on any atom is -0.450 e. The fourth-order valence-electron chi connectivity index (χ4n) is 1.23. The van der Waals surface area contributed by atoms with Gasteiger partial charge in [-0.2, -0.15) is 0 Å². The molecule has 0 aromatic carbocycles. The summed E-state index contributed by atoms with van der Waals surface area (Å²) in [7, 11) is -3.68. The highest BCUT2D eigenvalue weighted by Crippen LogP contribution is 2.26. The van der Waals surface area contributed by atoms with Crippen molar-refractivity contribution in [2.24, 2.45) is 0 Å². The second kappa shape index (κ2) is 5.49. The molecule has 2 rings (SSSR count). The standard InChI is InChI=1S/C9H9BrN2O4S2/c10-9-8(1-6(4-13)16-9)18(14,15)12-3-7-2-11-5-17-7/h1-2,5,12-13H,3-4H2. The third-order valence-electron chi connectivity index (χ3n) is 2.07. The molecular weight excluding hydrogens is 344 g/mol. The van der Waals surface area contributed by atoms with Gasteiger partial charge in [0.2, 0.25) is 10.0 Å². The quantitative estimate of drug-likeness (QED) is 0.849. The van der Waals surface area contributed by atoms with Crippen LogP contribution in [0, 0.1) is 0 Å². The van der Waals surface area contributed by atoms with Crippen molar-refractivity contribution < 1.29 is 17.9 Å². The Balaban J connectivity index is 2.17. The maximum absolute atomic E-state index is 12.0. The highest BCUT2D eigenvalue weighted by Gasteiger charge is 2.22. The number of furan rings is 1. The van der Waals surface area contributed by atoms with E-state index in [4.69, 9.17) is 9.52 Å². The summed E-state index contributed by atoms with van der Waals surface area (Å²) in [5, 5.41) is 8.88. The largest absolute Gasteiger partial charge is 0.450 e.